The first-order valence-electron chi connectivity index (χ1n) is 7.80. The molecule has 1 amide bonds. The zero-order chi connectivity index (χ0) is 18.0. The quantitative estimate of drug-likeness (QED) is 0.576. The molecule has 0 unspecified atom stereocenters. The van der Waals surface area contributed by atoms with Gasteiger partial charge in [0.05, 0.1) is 5.69 Å². The van der Waals surface area contributed by atoms with Crippen LogP contribution in [0, 0.1) is 12.7 Å². The smallest absolute Gasteiger partial charge is 0.279 e. The van der Waals surface area contributed by atoms with Gasteiger partial charge in [0.2, 0.25) is 0 Å². The third kappa shape index (κ3) is 3.80. The average molecular weight is 419 g/mol. The molecule has 0 saturated carbocycles. The molecule has 3 nitrogen and oxygen atoms in total. The number of amides is 1. The summed E-state index contributed by atoms with van der Waals surface area (Å²) >= 11 is 4.91. The largest absolute Gasteiger partial charge is 0.316 e. The Labute approximate surface area is 157 Å². The fourth-order valence-corrected chi connectivity index (χ4v) is 3.96. The van der Waals surface area contributed by atoms with E-state index in [-0.39, 0.29) is 5.56 Å². The van der Waals surface area contributed by atoms with Gasteiger partial charge in [-0.05, 0) is 49.7 Å². The van der Waals surface area contributed by atoms with Crippen LogP contribution in [-0.4, -0.2) is 10.5 Å². The van der Waals surface area contributed by atoms with Crippen molar-refractivity contribution in [3.8, 4) is 11.3 Å². The van der Waals surface area contributed by atoms with Gasteiger partial charge in [-0.2, -0.15) is 4.99 Å². The molecule has 3 aromatic rings. The first-order chi connectivity index (χ1) is 12.0. The topological polar surface area (TPSA) is 34.4 Å². The van der Waals surface area contributed by atoms with E-state index in [0.717, 1.165) is 20.6 Å². The number of halogens is 2. The summed E-state index contributed by atoms with van der Waals surface area (Å²) in [6.45, 7) is 4.71. The van der Waals surface area contributed by atoms with E-state index >= 15 is 0 Å². The summed E-state index contributed by atoms with van der Waals surface area (Å²) < 4.78 is 16.4. The highest BCUT2D eigenvalue weighted by molar-refractivity contribution is 9.10. The zero-order valence-corrected chi connectivity index (χ0v) is 16.2. The number of carbonyl (C=O) groups excluding carboxylic acids is 1. The van der Waals surface area contributed by atoms with Crippen LogP contribution in [0.4, 0.5) is 4.39 Å². The SMILES string of the molecule is CCn1c(-c2ccc(Br)cc2)c(C)sc1=NC(=O)c1cccc(F)c1. The van der Waals surface area contributed by atoms with Crippen molar-refractivity contribution in [2.75, 3.05) is 0 Å². The van der Waals surface area contributed by atoms with E-state index in [0.29, 0.717) is 11.3 Å². The number of benzene rings is 2. The molecule has 0 atom stereocenters. The fraction of sp³-hybridized carbons (Fsp3) is 0.158. The van der Waals surface area contributed by atoms with Gasteiger partial charge in [-0.3, -0.25) is 4.79 Å². The molecule has 0 spiro atoms. The Bertz CT molecular complexity index is 989. The van der Waals surface area contributed by atoms with Crippen LogP contribution in [0.1, 0.15) is 22.2 Å². The molecule has 1 aromatic heterocycles. The molecule has 0 fully saturated rings. The second kappa shape index (κ2) is 7.45. The molecule has 0 N–H and O–H groups in total. The summed E-state index contributed by atoms with van der Waals surface area (Å²) in [7, 11) is 0. The Morgan fingerprint density at radius 3 is 2.60 bits per heavy atom. The standard InChI is InChI=1S/C19H16BrFN2OS/c1-3-23-17(13-7-9-15(20)10-8-13)12(2)25-19(23)22-18(24)14-5-4-6-16(21)11-14/h4-11H,3H2,1-2H3. The Morgan fingerprint density at radius 1 is 1.24 bits per heavy atom. The van der Waals surface area contributed by atoms with E-state index in [4.69, 9.17) is 0 Å². The highest BCUT2D eigenvalue weighted by atomic mass is 79.9. The Hall–Kier alpha value is -2.05. The van der Waals surface area contributed by atoms with Crippen LogP contribution in [0.3, 0.4) is 0 Å². The first-order valence-corrected chi connectivity index (χ1v) is 9.41. The van der Waals surface area contributed by atoms with Crippen molar-refractivity contribution >= 4 is 33.2 Å². The second-order valence-corrected chi connectivity index (χ2v) is 7.57. The van der Waals surface area contributed by atoms with E-state index in [1.54, 1.807) is 6.07 Å². The summed E-state index contributed by atoms with van der Waals surface area (Å²) in [5, 5.41) is 0. The molecule has 0 radical (unpaired) electrons. The van der Waals surface area contributed by atoms with Crippen molar-refractivity contribution in [1.82, 2.24) is 4.57 Å². The van der Waals surface area contributed by atoms with Crippen molar-refractivity contribution in [3.63, 3.8) is 0 Å². The zero-order valence-electron chi connectivity index (χ0n) is 13.8. The van der Waals surface area contributed by atoms with Crippen molar-refractivity contribution in [3.05, 3.63) is 74.1 Å². The lowest BCUT2D eigenvalue weighted by atomic mass is 10.1. The minimum absolute atomic E-state index is 0.249. The lowest BCUT2D eigenvalue weighted by Gasteiger charge is -2.07. The average Bonchev–Trinajstić information content (AvgIpc) is 2.90. The molecule has 25 heavy (non-hydrogen) atoms. The Balaban J connectivity index is 2.10. The van der Waals surface area contributed by atoms with Crippen molar-refractivity contribution in [2.45, 2.75) is 20.4 Å². The lowest BCUT2D eigenvalue weighted by molar-refractivity contribution is 0.0997. The van der Waals surface area contributed by atoms with Gasteiger partial charge in [0.1, 0.15) is 5.82 Å². The minimum Gasteiger partial charge on any atom is -0.316 e. The van der Waals surface area contributed by atoms with Gasteiger partial charge in [0.15, 0.2) is 4.80 Å². The normalized spacial score (nSPS) is 11.8. The highest BCUT2D eigenvalue weighted by Crippen LogP contribution is 2.26. The predicted octanol–water partition coefficient (Wildman–Crippen LogP) is 5.19. The van der Waals surface area contributed by atoms with Crippen LogP contribution < -0.4 is 4.80 Å². The third-order valence-corrected chi connectivity index (χ3v) is 5.30. The summed E-state index contributed by atoms with van der Waals surface area (Å²) in [6.07, 6.45) is 0. The van der Waals surface area contributed by atoms with Gasteiger partial charge in [-0.15, -0.1) is 11.3 Å². The van der Waals surface area contributed by atoms with Gasteiger partial charge in [-0.25, -0.2) is 4.39 Å². The molecule has 128 valence electrons. The Morgan fingerprint density at radius 2 is 1.96 bits per heavy atom. The molecule has 3 rings (SSSR count). The number of nitrogens with zero attached hydrogens (tertiary/aromatic N) is 2. The summed E-state index contributed by atoms with van der Waals surface area (Å²) in [5.74, 6) is -0.882. The first kappa shape index (κ1) is 17.8. The molecule has 0 bridgehead atoms. The number of rotatable bonds is 3. The monoisotopic (exact) mass is 418 g/mol. The van der Waals surface area contributed by atoms with Crippen molar-refractivity contribution in [1.29, 1.82) is 0 Å². The van der Waals surface area contributed by atoms with Crippen LogP contribution in [0.15, 0.2) is 58.0 Å². The van der Waals surface area contributed by atoms with Crippen LogP contribution in [-0.2, 0) is 6.54 Å². The van der Waals surface area contributed by atoms with Gasteiger partial charge in [0, 0.05) is 21.5 Å². The summed E-state index contributed by atoms with van der Waals surface area (Å²) in [4.78, 5) is 18.3. The van der Waals surface area contributed by atoms with Crippen LogP contribution >= 0.6 is 27.3 Å². The number of hydrogen-bond acceptors (Lipinski definition) is 2. The van der Waals surface area contributed by atoms with Crippen LogP contribution in [0.25, 0.3) is 11.3 Å². The Kier molecular flexibility index (Phi) is 5.30. The minimum atomic E-state index is -0.442. The van der Waals surface area contributed by atoms with E-state index in [2.05, 4.69) is 20.9 Å². The summed E-state index contributed by atoms with van der Waals surface area (Å²) in [6, 6.07) is 13.6. The molecule has 2 aromatic carbocycles. The number of thiazole rings is 1. The lowest BCUT2D eigenvalue weighted by Crippen LogP contribution is -2.17. The summed E-state index contributed by atoms with van der Waals surface area (Å²) in [5.41, 5.74) is 2.36. The molecule has 0 aliphatic rings. The van der Waals surface area contributed by atoms with Gasteiger partial charge >= 0.3 is 0 Å². The molecular weight excluding hydrogens is 403 g/mol. The highest BCUT2D eigenvalue weighted by Gasteiger charge is 2.13. The van der Waals surface area contributed by atoms with Crippen molar-refractivity contribution in [2.24, 2.45) is 4.99 Å². The molecule has 6 heteroatoms. The maximum absolute atomic E-state index is 13.3. The van der Waals surface area contributed by atoms with Crippen LogP contribution in [0.5, 0.6) is 0 Å². The predicted molar refractivity (Wildman–Crippen MR) is 102 cm³/mol. The number of hydrogen-bond donors (Lipinski definition) is 0. The van der Waals surface area contributed by atoms with Gasteiger partial charge in [-0.1, -0.05) is 34.1 Å². The maximum atomic E-state index is 13.3. The second-order valence-electron chi connectivity index (χ2n) is 5.47. The molecular formula is C19H16BrFN2OS. The third-order valence-electron chi connectivity index (χ3n) is 3.78. The molecule has 0 aliphatic heterocycles. The number of aromatic nitrogens is 1. The van der Waals surface area contributed by atoms with Crippen LogP contribution in [0.2, 0.25) is 0 Å². The number of aryl methyl sites for hydroxylation is 1. The van der Waals surface area contributed by atoms with E-state index in [9.17, 15) is 9.18 Å². The number of carbonyl (C=O) groups is 1. The fourth-order valence-electron chi connectivity index (χ4n) is 2.64. The van der Waals surface area contributed by atoms with Gasteiger partial charge < -0.3 is 4.57 Å². The maximum Gasteiger partial charge on any atom is 0.279 e. The van der Waals surface area contributed by atoms with E-state index in [1.165, 1.54) is 29.5 Å². The molecule has 0 saturated heterocycles. The molecule has 0 aliphatic carbocycles. The van der Waals surface area contributed by atoms with E-state index < -0.39 is 11.7 Å². The van der Waals surface area contributed by atoms with Crippen molar-refractivity contribution < 1.29 is 9.18 Å². The van der Waals surface area contributed by atoms with Gasteiger partial charge in [0.25, 0.3) is 5.91 Å². The molecule has 1 heterocycles. The van der Waals surface area contributed by atoms with E-state index in [1.807, 2.05) is 42.7 Å².